The van der Waals surface area contributed by atoms with E-state index in [9.17, 15) is 9.59 Å². The van der Waals surface area contributed by atoms with Crippen molar-refractivity contribution in [1.82, 2.24) is 15.2 Å². The molecule has 3 rings (SSSR count). The van der Waals surface area contributed by atoms with Crippen molar-refractivity contribution < 1.29 is 9.59 Å². The number of amides is 3. The molecule has 0 saturated heterocycles. The molecule has 1 atom stereocenters. The molecule has 1 aliphatic rings. The van der Waals surface area contributed by atoms with E-state index >= 15 is 0 Å². The minimum atomic E-state index is -0.338. The number of halogens is 2. The third kappa shape index (κ3) is 4.80. The first-order chi connectivity index (χ1) is 13.3. The predicted octanol–water partition coefficient (Wildman–Crippen LogP) is 4.19. The van der Waals surface area contributed by atoms with Crippen molar-refractivity contribution in [2.75, 3.05) is 17.3 Å². The number of carbonyl (C=O) groups excluding carboxylic acids is 2. The molecule has 9 heteroatoms. The van der Waals surface area contributed by atoms with Crippen LogP contribution in [0.1, 0.15) is 26.5 Å². The van der Waals surface area contributed by atoms with Crippen molar-refractivity contribution in [2.45, 2.75) is 39.4 Å². The molecule has 2 N–H and O–H groups in total. The maximum atomic E-state index is 13.1. The lowest BCUT2D eigenvalue weighted by molar-refractivity contribution is -0.117. The van der Waals surface area contributed by atoms with Crippen molar-refractivity contribution in [3.8, 4) is 0 Å². The van der Waals surface area contributed by atoms with E-state index in [1.165, 1.54) is 0 Å². The Morgan fingerprint density at radius 3 is 2.55 bits per heavy atom. The molecule has 2 heterocycles. The van der Waals surface area contributed by atoms with Gasteiger partial charge in [-0.15, -0.1) is 12.4 Å². The number of anilines is 3. The Labute approximate surface area is 181 Å². The Bertz CT molecular complexity index is 906. The number of rotatable bonds is 5. The highest BCUT2D eigenvalue weighted by Gasteiger charge is 2.34. The van der Waals surface area contributed by atoms with Gasteiger partial charge in [0.25, 0.3) is 0 Å². The second-order valence-electron chi connectivity index (χ2n) is 6.98. The number of hydrogen-bond acceptors (Lipinski definition) is 4. The molecule has 0 spiro atoms. The number of carbonyl (C=O) groups is 2. The van der Waals surface area contributed by atoms with Crippen LogP contribution < -0.4 is 15.5 Å². The molecule has 7 nitrogen and oxygen atoms in total. The Morgan fingerprint density at radius 1 is 1.21 bits per heavy atom. The summed E-state index contributed by atoms with van der Waals surface area (Å²) in [5, 5.41) is 6.25. The quantitative estimate of drug-likeness (QED) is 0.734. The molecule has 0 fully saturated rings. The van der Waals surface area contributed by atoms with Crippen molar-refractivity contribution in [3.63, 3.8) is 0 Å². The highest BCUT2D eigenvalue weighted by molar-refractivity contribution is 6.31. The summed E-state index contributed by atoms with van der Waals surface area (Å²) in [5.41, 5.74) is 2.07. The largest absolute Gasteiger partial charge is 0.329 e. The smallest absolute Gasteiger partial charge is 0.316 e. The summed E-state index contributed by atoms with van der Waals surface area (Å²) in [6.45, 7) is 6.06. The zero-order chi connectivity index (χ0) is 20.4. The first-order valence-electron chi connectivity index (χ1n) is 9.16. The number of nitrogens with zero attached hydrogens (tertiary/aromatic N) is 3. The molecule has 3 amide bonds. The van der Waals surface area contributed by atoms with E-state index in [2.05, 4.69) is 15.6 Å². The van der Waals surface area contributed by atoms with Crippen molar-refractivity contribution in [1.29, 1.82) is 0 Å². The first-order valence-corrected chi connectivity index (χ1v) is 9.54. The third-order valence-corrected chi connectivity index (χ3v) is 4.95. The zero-order valence-electron chi connectivity index (χ0n) is 16.8. The second-order valence-corrected chi connectivity index (χ2v) is 7.42. The fraction of sp³-hybridized carbons (Fsp3) is 0.350. The van der Waals surface area contributed by atoms with Crippen LogP contribution in [-0.4, -0.2) is 41.0 Å². The summed E-state index contributed by atoms with van der Waals surface area (Å²) in [4.78, 5) is 33.2. The van der Waals surface area contributed by atoms with Crippen LogP contribution in [0.15, 0.2) is 36.4 Å². The van der Waals surface area contributed by atoms with Crippen LogP contribution in [0.3, 0.4) is 0 Å². The first kappa shape index (κ1) is 22.9. The monoisotopic (exact) mass is 437 g/mol. The van der Waals surface area contributed by atoms with E-state index in [-0.39, 0.29) is 36.4 Å². The summed E-state index contributed by atoms with van der Waals surface area (Å²) in [6, 6.07) is 10.2. The van der Waals surface area contributed by atoms with Gasteiger partial charge in [0.15, 0.2) is 0 Å². The maximum Gasteiger partial charge on any atom is 0.329 e. The summed E-state index contributed by atoms with van der Waals surface area (Å²) in [5.74, 6) is 0.282. The third-order valence-electron chi connectivity index (χ3n) is 4.72. The molecular formula is C20H25Cl2N5O2. The van der Waals surface area contributed by atoms with Gasteiger partial charge in [-0.25, -0.2) is 9.78 Å². The Kier molecular flexibility index (Phi) is 7.46. The number of likely N-dealkylation sites (N-methyl/N-ethyl adjacent to an activating group) is 1. The Morgan fingerprint density at radius 2 is 1.93 bits per heavy atom. The van der Waals surface area contributed by atoms with Gasteiger partial charge >= 0.3 is 6.03 Å². The van der Waals surface area contributed by atoms with Crippen LogP contribution >= 0.6 is 24.0 Å². The van der Waals surface area contributed by atoms with Crippen molar-refractivity contribution in [3.05, 3.63) is 47.1 Å². The average Bonchev–Trinajstić information content (AvgIpc) is 2.66. The van der Waals surface area contributed by atoms with Gasteiger partial charge in [-0.3, -0.25) is 9.69 Å². The van der Waals surface area contributed by atoms with Crippen LogP contribution in [0.25, 0.3) is 0 Å². The van der Waals surface area contributed by atoms with E-state index < -0.39 is 0 Å². The molecule has 0 saturated carbocycles. The normalized spacial score (nSPS) is 14.3. The fourth-order valence-corrected chi connectivity index (χ4v) is 3.16. The number of fused-ring (bicyclic) bond motifs is 1. The van der Waals surface area contributed by atoms with Gasteiger partial charge in [0.1, 0.15) is 5.82 Å². The van der Waals surface area contributed by atoms with Crippen molar-refractivity contribution >= 4 is 53.1 Å². The van der Waals surface area contributed by atoms with E-state index in [1.54, 1.807) is 54.1 Å². The van der Waals surface area contributed by atoms with Gasteiger partial charge in [-0.2, -0.15) is 0 Å². The van der Waals surface area contributed by atoms with Gasteiger partial charge in [0, 0.05) is 11.1 Å². The molecule has 1 aliphatic heterocycles. The standard InChI is InChI=1S/C20H24ClN5O2.ClH/c1-12(2)25-11-16-17(8-9-18(23-16)24-19(27)13(3)22-4)26(20(25)28)15-7-5-6-14(21)10-15;/h5-10,12-13,22H,11H2,1-4H3,(H,23,24,27);1H/t13-;/m0./s1. The summed E-state index contributed by atoms with van der Waals surface area (Å²) >= 11 is 6.14. The topological polar surface area (TPSA) is 77.6 Å². The van der Waals surface area contributed by atoms with E-state index in [1.807, 2.05) is 19.9 Å². The molecule has 0 radical (unpaired) electrons. The lowest BCUT2D eigenvalue weighted by Crippen LogP contribution is -2.48. The lowest BCUT2D eigenvalue weighted by atomic mass is 10.1. The van der Waals surface area contributed by atoms with Gasteiger partial charge in [-0.1, -0.05) is 17.7 Å². The van der Waals surface area contributed by atoms with Crippen LogP contribution in [0, 0.1) is 0 Å². The lowest BCUT2D eigenvalue weighted by Gasteiger charge is -2.38. The van der Waals surface area contributed by atoms with Gasteiger partial charge in [-0.05, 0) is 58.2 Å². The molecule has 29 heavy (non-hydrogen) atoms. The molecule has 2 aromatic rings. The summed E-state index contributed by atoms with van der Waals surface area (Å²) in [6.07, 6.45) is 0. The summed E-state index contributed by atoms with van der Waals surface area (Å²) in [7, 11) is 1.72. The molecule has 1 aromatic heterocycles. The number of aromatic nitrogens is 1. The molecule has 0 unspecified atom stereocenters. The molecule has 0 aliphatic carbocycles. The SMILES string of the molecule is CN[C@@H](C)C(=O)Nc1ccc2c(n1)CN(C(C)C)C(=O)N2c1cccc(Cl)c1.Cl. The van der Waals surface area contributed by atoms with Crippen LogP contribution in [0.4, 0.5) is 22.0 Å². The number of hydrogen-bond donors (Lipinski definition) is 2. The van der Waals surface area contributed by atoms with E-state index in [0.717, 1.165) is 0 Å². The minimum absolute atomic E-state index is 0. The highest BCUT2D eigenvalue weighted by atomic mass is 35.5. The van der Waals surface area contributed by atoms with Crippen LogP contribution in [0.5, 0.6) is 0 Å². The van der Waals surface area contributed by atoms with Crippen LogP contribution in [-0.2, 0) is 11.3 Å². The molecule has 1 aromatic carbocycles. The van der Waals surface area contributed by atoms with E-state index in [0.29, 0.717) is 34.5 Å². The number of nitrogens with one attached hydrogen (secondary N) is 2. The number of pyridine rings is 1. The molecule has 0 bridgehead atoms. The average molecular weight is 438 g/mol. The van der Waals surface area contributed by atoms with Crippen LogP contribution in [0.2, 0.25) is 5.02 Å². The number of urea groups is 1. The molecule has 156 valence electrons. The summed E-state index contributed by atoms with van der Waals surface area (Å²) < 4.78 is 0. The maximum absolute atomic E-state index is 13.1. The van der Waals surface area contributed by atoms with Gasteiger partial charge in [0.2, 0.25) is 5.91 Å². The fourth-order valence-electron chi connectivity index (χ4n) is 2.98. The van der Waals surface area contributed by atoms with E-state index in [4.69, 9.17) is 11.6 Å². The highest BCUT2D eigenvalue weighted by Crippen LogP contribution is 2.36. The second kappa shape index (κ2) is 9.43. The number of benzene rings is 1. The van der Waals surface area contributed by atoms with Gasteiger partial charge in [0.05, 0.1) is 29.7 Å². The minimum Gasteiger partial charge on any atom is -0.316 e. The van der Waals surface area contributed by atoms with Crippen molar-refractivity contribution in [2.24, 2.45) is 0 Å². The Hall–Kier alpha value is -2.35. The molecular weight excluding hydrogens is 413 g/mol. The Balaban J connectivity index is 0.00000300. The predicted molar refractivity (Wildman–Crippen MR) is 118 cm³/mol. The van der Waals surface area contributed by atoms with Gasteiger partial charge < -0.3 is 15.5 Å². The zero-order valence-corrected chi connectivity index (χ0v) is 18.3.